The monoisotopic (exact) mass is 393 g/mol. The summed E-state index contributed by atoms with van der Waals surface area (Å²) in [6, 6.07) is 7.61. The maximum atomic E-state index is 6.13. The fourth-order valence-electron chi connectivity index (χ4n) is 3.86. The van der Waals surface area contributed by atoms with Gasteiger partial charge in [-0.25, -0.2) is 4.98 Å². The molecule has 1 atom stereocenters. The lowest BCUT2D eigenvalue weighted by atomic mass is 9.94. The van der Waals surface area contributed by atoms with Crippen molar-refractivity contribution in [2.24, 2.45) is 7.05 Å². The quantitative estimate of drug-likeness (QED) is 0.636. The maximum Gasteiger partial charge on any atom is 0.241 e. The summed E-state index contributed by atoms with van der Waals surface area (Å²) in [5, 5.41) is 4.37. The molecule has 0 amide bonds. The Bertz CT molecular complexity index is 971. The molecule has 152 valence electrons. The second kappa shape index (κ2) is 8.61. The van der Waals surface area contributed by atoms with Gasteiger partial charge in [0.15, 0.2) is 11.5 Å². The van der Waals surface area contributed by atoms with Crippen LogP contribution in [0.15, 0.2) is 42.9 Å². The molecule has 0 saturated carbocycles. The van der Waals surface area contributed by atoms with E-state index in [1.807, 2.05) is 42.2 Å². The molecular weight excluding hydrogens is 366 g/mol. The molecule has 0 aliphatic carbocycles. The number of likely N-dealkylation sites (tertiary alicyclic amines) is 1. The molecule has 29 heavy (non-hydrogen) atoms. The van der Waals surface area contributed by atoms with Crippen LogP contribution in [0.1, 0.15) is 35.7 Å². The van der Waals surface area contributed by atoms with E-state index < -0.39 is 0 Å². The van der Waals surface area contributed by atoms with E-state index in [-0.39, 0.29) is 5.92 Å². The molecule has 7 nitrogen and oxygen atoms in total. The molecule has 1 unspecified atom stereocenters. The molecule has 2 aromatic heterocycles. The van der Waals surface area contributed by atoms with Crippen molar-refractivity contribution in [3.8, 4) is 17.4 Å². The molecule has 4 rings (SSSR count). The van der Waals surface area contributed by atoms with Crippen LogP contribution in [0.5, 0.6) is 17.4 Å². The van der Waals surface area contributed by atoms with Crippen LogP contribution in [0.3, 0.4) is 0 Å². The number of methoxy groups -OCH3 is 1. The van der Waals surface area contributed by atoms with E-state index in [1.165, 1.54) is 11.3 Å². The van der Waals surface area contributed by atoms with Gasteiger partial charge in [0.1, 0.15) is 5.69 Å². The first-order chi connectivity index (χ1) is 14.2. The molecule has 0 bridgehead atoms. The fraction of sp³-hybridized carbons (Fsp3) is 0.409. The van der Waals surface area contributed by atoms with Crippen molar-refractivity contribution in [1.29, 1.82) is 0 Å². The van der Waals surface area contributed by atoms with Crippen LogP contribution < -0.4 is 9.47 Å². The maximum absolute atomic E-state index is 6.13. The van der Waals surface area contributed by atoms with Crippen LogP contribution in [0.4, 0.5) is 0 Å². The van der Waals surface area contributed by atoms with Crippen molar-refractivity contribution in [1.82, 2.24) is 24.6 Å². The summed E-state index contributed by atoms with van der Waals surface area (Å²) in [6.07, 6.45) is 7.58. The second-order valence-corrected chi connectivity index (χ2v) is 7.45. The number of para-hydroxylation sites is 2. The first-order valence-electron chi connectivity index (χ1n) is 9.97. The summed E-state index contributed by atoms with van der Waals surface area (Å²) in [7, 11) is 3.62. The van der Waals surface area contributed by atoms with Gasteiger partial charge < -0.3 is 9.47 Å². The highest BCUT2D eigenvalue weighted by molar-refractivity contribution is 5.42. The first kappa shape index (κ1) is 19.4. The van der Waals surface area contributed by atoms with Crippen LogP contribution in [0.2, 0.25) is 0 Å². The van der Waals surface area contributed by atoms with Crippen molar-refractivity contribution in [3.63, 3.8) is 0 Å². The van der Waals surface area contributed by atoms with E-state index >= 15 is 0 Å². The predicted octanol–water partition coefficient (Wildman–Crippen LogP) is 3.70. The molecule has 1 saturated heterocycles. The third-order valence-corrected chi connectivity index (χ3v) is 5.59. The summed E-state index contributed by atoms with van der Waals surface area (Å²) in [6.45, 7) is 5.02. The molecule has 1 aromatic carbocycles. The van der Waals surface area contributed by atoms with Crippen LogP contribution in [0, 0.1) is 6.92 Å². The molecule has 0 N–H and O–H groups in total. The zero-order chi connectivity index (χ0) is 20.2. The molecular formula is C22H27N5O2. The third-order valence-electron chi connectivity index (χ3n) is 5.59. The normalized spacial score (nSPS) is 17.3. The molecule has 3 aromatic rings. The Morgan fingerprint density at radius 2 is 1.93 bits per heavy atom. The molecule has 3 heterocycles. The van der Waals surface area contributed by atoms with Gasteiger partial charge in [-0.05, 0) is 38.4 Å². The van der Waals surface area contributed by atoms with Crippen molar-refractivity contribution in [2.45, 2.75) is 32.2 Å². The Morgan fingerprint density at radius 1 is 1.14 bits per heavy atom. The van der Waals surface area contributed by atoms with Gasteiger partial charge in [0.2, 0.25) is 5.88 Å². The van der Waals surface area contributed by atoms with Crippen LogP contribution in [-0.2, 0) is 13.6 Å². The second-order valence-electron chi connectivity index (χ2n) is 7.45. The first-order valence-corrected chi connectivity index (χ1v) is 9.97. The van der Waals surface area contributed by atoms with Gasteiger partial charge in [-0.2, -0.15) is 5.10 Å². The van der Waals surface area contributed by atoms with Crippen LogP contribution in [-0.4, -0.2) is 44.8 Å². The zero-order valence-corrected chi connectivity index (χ0v) is 17.2. The van der Waals surface area contributed by atoms with Crippen molar-refractivity contribution < 1.29 is 9.47 Å². The van der Waals surface area contributed by atoms with E-state index in [0.717, 1.165) is 38.2 Å². The number of hydrogen-bond donors (Lipinski definition) is 0. The van der Waals surface area contributed by atoms with Crippen molar-refractivity contribution in [2.75, 3.05) is 20.2 Å². The van der Waals surface area contributed by atoms with Crippen LogP contribution in [0.25, 0.3) is 0 Å². The minimum absolute atomic E-state index is 0.277. The van der Waals surface area contributed by atoms with Gasteiger partial charge in [0.05, 0.1) is 13.3 Å². The van der Waals surface area contributed by atoms with Crippen molar-refractivity contribution >= 4 is 0 Å². The number of piperidine rings is 1. The van der Waals surface area contributed by atoms with Gasteiger partial charge in [-0.15, -0.1) is 0 Å². The Kier molecular flexibility index (Phi) is 5.76. The Hall–Kier alpha value is -2.93. The van der Waals surface area contributed by atoms with Gasteiger partial charge in [0, 0.05) is 49.7 Å². The highest BCUT2D eigenvalue weighted by atomic mass is 16.5. The lowest BCUT2D eigenvalue weighted by Gasteiger charge is -2.32. The van der Waals surface area contributed by atoms with Gasteiger partial charge in [0.25, 0.3) is 0 Å². The number of rotatable bonds is 6. The van der Waals surface area contributed by atoms with Gasteiger partial charge in [-0.3, -0.25) is 14.6 Å². The summed E-state index contributed by atoms with van der Waals surface area (Å²) >= 11 is 0. The minimum Gasteiger partial charge on any atom is -0.493 e. The topological polar surface area (TPSA) is 65.3 Å². The minimum atomic E-state index is 0.277. The average Bonchev–Trinajstić information content (AvgIpc) is 3.07. The standard InChI is InChI=1S/C22H27N5O2/c1-16-18(13-25-26(16)2)15-27-12-6-7-17(14-27)21-22(24-11-10-23-21)29-20-9-5-4-8-19(20)28-3/h4-5,8-11,13,17H,6-7,12,14-15H2,1-3H3. The average molecular weight is 393 g/mol. The third kappa shape index (κ3) is 4.24. The summed E-state index contributed by atoms with van der Waals surface area (Å²) < 4.78 is 13.5. The van der Waals surface area contributed by atoms with Gasteiger partial charge >= 0.3 is 0 Å². The summed E-state index contributed by atoms with van der Waals surface area (Å²) in [5.41, 5.74) is 3.40. The van der Waals surface area contributed by atoms with E-state index in [1.54, 1.807) is 19.5 Å². The highest BCUT2D eigenvalue weighted by Gasteiger charge is 2.27. The van der Waals surface area contributed by atoms with E-state index in [0.29, 0.717) is 17.4 Å². The smallest absolute Gasteiger partial charge is 0.241 e. The van der Waals surface area contributed by atoms with E-state index in [4.69, 9.17) is 9.47 Å². The number of aromatic nitrogens is 4. The number of nitrogens with zero attached hydrogens (tertiary/aromatic N) is 5. The van der Waals surface area contributed by atoms with E-state index in [9.17, 15) is 0 Å². The number of hydrogen-bond acceptors (Lipinski definition) is 6. The Morgan fingerprint density at radius 3 is 2.69 bits per heavy atom. The Labute approximate surface area is 171 Å². The molecule has 0 radical (unpaired) electrons. The largest absolute Gasteiger partial charge is 0.493 e. The SMILES string of the molecule is COc1ccccc1Oc1nccnc1C1CCCN(Cc2cnn(C)c2C)C1. The number of benzene rings is 1. The molecule has 7 heteroatoms. The zero-order valence-electron chi connectivity index (χ0n) is 17.2. The lowest BCUT2D eigenvalue weighted by Crippen LogP contribution is -2.34. The number of aryl methyl sites for hydroxylation is 1. The molecule has 1 aliphatic rings. The van der Waals surface area contributed by atoms with Gasteiger partial charge in [-0.1, -0.05) is 12.1 Å². The lowest BCUT2D eigenvalue weighted by molar-refractivity contribution is 0.196. The summed E-state index contributed by atoms with van der Waals surface area (Å²) in [5.74, 6) is 2.16. The predicted molar refractivity (Wildman–Crippen MR) is 110 cm³/mol. The highest BCUT2D eigenvalue weighted by Crippen LogP contribution is 2.36. The summed E-state index contributed by atoms with van der Waals surface area (Å²) in [4.78, 5) is 11.6. The molecule has 1 aliphatic heterocycles. The fourth-order valence-corrected chi connectivity index (χ4v) is 3.86. The molecule has 0 spiro atoms. The van der Waals surface area contributed by atoms with Crippen molar-refractivity contribution in [3.05, 3.63) is 59.8 Å². The molecule has 1 fully saturated rings. The van der Waals surface area contributed by atoms with E-state index in [2.05, 4.69) is 26.9 Å². The Balaban J connectivity index is 1.53. The van der Waals surface area contributed by atoms with Crippen LogP contribution >= 0.6 is 0 Å². The number of ether oxygens (including phenoxy) is 2.